The monoisotopic (exact) mass is 301 g/mol. The molecular weight excluding hydrogens is 282 g/mol. The summed E-state index contributed by atoms with van der Waals surface area (Å²) in [5.74, 6) is 0.426. The van der Waals surface area contributed by atoms with Crippen molar-refractivity contribution in [2.45, 2.75) is 31.6 Å². The van der Waals surface area contributed by atoms with Crippen LogP contribution in [0.15, 0.2) is 48.1 Å². The molecule has 0 bridgehead atoms. The zero-order chi connectivity index (χ0) is 14.7. The summed E-state index contributed by atoms with van der Waals surface area (Å²) in [4.78, 5) is 14.6. The van der Waals surface area contributed by atoms with E-state index in [2.05, 4.69) is 18.2 Å². The highest BCUT2D eigenvalue weighted by Crippen LogP contribution is 2.29. The van der Waals surface area contributed by atoms with Crippen molar-refractivity contribution in [2.24, 2.45) is 0 Å². The standard InChI is InChI=1S/C18H20ClNO/c19-17-9-5-7-15(13-17)14-6-4-8-16(12-14)18(21)20-10-2-1-3-11-20/h4-5,7-9,12-14H,1-3,6,10-11H2. The molecule has 1 aromatic rings. The molecule has 1 fully saturated rings. The zero-order valence-corrected chi connectivity index (χ0v) is 12.9. The normalized spacial score (nSPS) is 22.0. The Morgan fingerprint density at radius 1 is 1.19 bits per heavy atom. The van der Waals surface area contributed by atoms with Gasteiger partial charge in [-0.3, -0.25) is 4.79 Å². The summed E-state index contributed by atoms with van der Waals surface area (Å²) in [5, 5.41) is 0.749. The van der Waals surface area contributed by atoms with Crippen molar-refractivity contribution < 1.29 is 4.79 Å². The molecule has 21 heavy (non-hydrogen) atoms. The molecule has 0 saturated carbocycles. The molecule has 1 heterocycles. The van der Waals surface area contributed by atoms with Crippen molar-refractivity contribution in [3.63, 3.8) is 0 Å². The van der Waals surface area contributed by atoms with Crippen molar-refractivity contribution in [3.05, 3.63) is 58.7 Å². The molecule has 0 spiro atoms. The quantitative estimate of drug-likeness (QED) is 0.796. The molecule has 1 aliphatic heterocycles. The molecule has 3 rings (SSSR count). The second-order valence-electron chi connectivity index (χ2n) is 5.77. The first-order valence-corrected chi connectivity index (χ1v) is 8.05. The van der Waals surface area contributed by atoms with Gasteiger partial charge in [-0.25, -0.2) is 0 Å². The van der Waals surface area contributed by atoms with E-state index in [9.17, 15) is 4.79 Å². The van der Waals surface area contributed by atoms with Gasteiger partial charge < -0.3 is 4.90 Å². The van der Waals surface area contributed by atoms with E-state index in [1.54, 1.807) is 0 Å². The van der Waals surface area contributed by atoms with Crippen LogP contribution in [-0.4, -0.2) is 23.9 Å². The fourth-order valence-electron chi connectivity index (χ4n) is 3.07. The van der Waals surface area contributed by atoms with Crippen LogP contribution in [0.3, 0.4) is 0 Å². The summed E-state index contributed by atoms with van der Waals surface area (Å²) >= 11 is 6.07. The van der Waals surface area contributed by atoms with Gasteiger partial charge in [0.1, 0.15) is 0 Å². The van der Waals surface area contributed by atoms with Crippen LogP contribution in [0.1, 0.15) is 37.2 Å². The molecule has 0 aromatic heterocycles. The lowest BCUT2D eigenvalue weighted by molar-refractivity contribution is -0.127. The van der Waals surface area contributed by atoms with Crippen molar-refractivity contribution >= 4 is 17.5 Å². The number of benzene rings is 1. The lowest BCUT2D eigenvalue weighted by Crippen LogP contribution is -2.36. The summed E-state index contributed by atoms with van der Waals surface area (Å²) in [6.45, 7) is 1.79. The molecule has 2 aliphatic rings. The van der Waals surface area contributed by atoms with Crippen molar-refractivity contribution in [1.82, 2.24) is 4.90 Å². The van der Waals surface area contributed by atoms with Gasteiger partial charge >= 0.3 is 0 Å². The Balaban J connectivity index is 1.78. The predicted octanol–water partition coefficient (Wildman–Crippen LogP) is 4.32. The Morgan fingerprint density at radius 3 is 2.76 bits per heavy atom. The first kappa shape index (κ1) is 14.4. The van der Waals surface area contributed by atoms with E-state index >= 15 is 0 Å². The molecule has 1 atom stereocenters. The van der Waals surface area contributed by atoms with Crippen LogP contribution < -0.4 is 0 Å². The predicted molar refractivity (Wildman–Crippen MR) is 86.5 cm³/mol. The SMILES string of the molecule is O=C(C1=CC(c2cccc(Cl)c2)CC=C1)N1CCCCC1. The number of amides is 1. The maximum atomic E-state index is 12.6. The second kappa shape index (κ2) is 6.48. The summed E-state index contributed by atoms with van der Waals surface area (Å²) < 4.78 is 0. The molecule has 110 valence electrons. The van der Waals surface area contributed by atoms with Gasteiger partial charge in [-0.15, -0.1) is 0 Å². The molecule has 1 aliphatic carbocycles. The Morgan fingerprint density at radius 2 is 2.00 bits per heavy atom. The van der Waals surface area contributed by atoms with Crippen molar-refractivity contribution in [2.75, 3.05) is 13.1 Å². The second-order valence-corrected chi connectivity index (χ2v) is 6.21. The van der Waals surface area contributed by atoms with E-state index < -0.39 is 0 Å². The summed E-state index contributed by atoms with van der Waals surface area (Å²) in [7, 11) is 0. The molecule has 1 unspecified atom stereocenters. The van der Waals surface area contributed by atoms with Crippen molar-refractivity contribution in [3.8, 4) is 0 Å². The minimum Gasteiger partial charge on any atom is -0.339 e. The van der Waals surface area contributed by atoms with E-state index in [1.165, 1.54) is 12.0 Å². The van der Waals surface area contributed by atoms with Gasteiger partial charge in [0.15, 0.2) is 0 Å². The number of allylic oxidation sites excluding steroid dienone is 2. The van der Waals surface area contributed by atoms with E-state index in [-0.39, 0.29) is 11.8 Å². The lowest BCUT2D eigenvalue weighted by atomic mass is 9.89. The molecule has 1 amide bonds. The lowest BCUT2D eigenvalue weighted by Gasteiger charge is -2.28. The third-order valence-corrected chi connectivity index (χ3v) is 4.47. The number of piperidine rings is 1. The van der Waals surface area contributed by atoms with Gasteiger partial charge in [0, 0.05) is 29.6 Å². The third-order valence-electron chi connectivity index (χ3n) is 4.24. The Hall–Kier alpha value is -1.54. The fourth-order valence-corrected chi connectivity index (χ4v) is 3.27. The number of rotatable bonds is 2. The molecule has 0 N–H and O–H groups in total. The number of carbonyl (C=O) groups is 1. The minimum atomic E-state index is 0.178. The Kier molecular flexibility index (Phi) is 4.45. The molecule has 0 radical (unpaired) electrons. The molecule has 1 saturated heterocycles. The minimum absolute atomic E-state index is 0.178. The first-order valence-electron chi connectivity index (χ1n) is 7.67. The van der Waals surface area contributed by atoms with Crippen LogP contribution in [0.25, 0.3) is 0 Å². The average Bonchev–Trinajstić information content (AvgIpc) is 2.55. The van der Waals surface area contributed by atoms with Crippen molar-refractivity contribution in [1.29, 1.82) is 0 Å². The fraction of sp³-hybridized carbons (Fsp3) is 0.389. The number of hydrogen-bond donors (Lipinski definition) is 0. The first-order chi connectivity index (χ1) is 10.2. The Labute approximate surface area is 131 Å². The zero-order valence-electron chi connectivity index (χ0n) is 12.1. The maximum absolute atomic E-state index is 12.6. The van der Waals surface area contributed by atoms with Crippen LogP contribution in [-0.2, 0) is 4.79 Å². The van der Waals surface area contributed by atoms with Crippen LogP contribution in [0.4, 0.5) is 0 Å². The molecule has 2 nitrogen and oxygen atoms in total. The molecule has 3 heteroatoms. The van der Waals surface area contributed by atoms with E-state index in [0.717, 1.165) is 42.9 Å². The van der Waals surface area contributed by atoms with Gasteiger partial charge in [0.05, 0.1) is 0 Å². The average molecular weight is 302 g/mol. The highest BCUT2D eigenvalue weighted by atomic mass is 35.5. The van der Waals surface area contributed by atoms with Crippen LogP contribution >= 0.6 is 11.6 Å². The highest BCUT2D eigenvalue weighted by molar-refractivity contribution is 6.30. The van der Waals surface area contributed by atoms with E-state index in [1.807, 2.05) is 29.2 Å². The van der Waals surface area contributed by atoms with Crippen LogP contribution in [0, 0.1) is 0 Å². The maximum Gasteiger partial charge on any atom is 0.253 e. The third kappa shape index (κ3) is 3.38. The highest BCUT2D eigenvalue weighted by Gasteiger charge is 2.22. The number of halogens is 1. The summed E-state index contributed by atoms with van der Waals surface area (Å²) in [5.41, 5.74) is 2.00. The molecular formula is C18H20ClNO. The van der Waals surface area contributed by atoms with E-state index in [4.69, 9.17) is 11.6 Å². The van der Waals surface area contributed by atoms with Crippen LogP contribution in [0.2, 0.25) is 5.02 Å². The summed E-state index contributed by atoms with van der Waals surface area (Å²) in [6.07, 6.45) is 10.6. The number of likely N-dealkylation sites (tertiary alicyclic amines) is 1. The van der Waals surface area contributed by atoms with Gasteiger partial charge in [-0.2, -0.15) is 0 Å². The van der Waals surface area contributed by atoms with Crippen LogP contribution in [0.5, 0.6) is 0 Å². The molecule has 1 aromatic carbocycles. The number of hydrogen-bond acceptors (Lipinski definition) is 1. The Bertz CT molecular complexity index is 585. The number of nitrogens with zero attached hydrogens (tertiary/aromatic N) is 1. The van der Waals surface area contributed by atoms with Gasteiger partial charge in [-0.05, 0) is 43.4 Å². The topological polar surface area (TPSA) is 20.3 Å². The smallest absolute Gasteiger partial charge is 0.253 e. The van der Waals surface area contributed by atoms with Gasteiger partial charge in [0.2, 0.25) is 0 Å². The van der Waals surface area contributed by atoms with E-state index in [0.29, 0.717) is 0 Å². The van der Waals surface area contributed by atoms with Gasteiger partial charge in [-0.1, -0.05) is 42.0 Å². The number of carbonyl (C=O) groups excluding carboxylic acids is 1. The van der Waals surface area contributed by atoms with Gasteiger partial charge in [0.25, 0.3) is 5.91 Å². The summed E-state index contributed by atoms with van der Waals surface area (Å²) in [6, 6.07) is 7.92. The largest absolute Gasteiger partial charge is 0.339 e.